The van der Waals surface area contributed by atoms with E-state index in [0.29, 0.717) is 0 Å². The van der Waals surface area contributed by atoms with E-state index < -0.39 is 0 Å². The second-order valence-electron chi connectivity index (χ2n) is 5.48. The molecule has 0 aromatic heterocycles. The van der Waals surface area contributed by atoms with Gasteiger partial charge in [0.1, 0.15) is 5.76 Å². The number of ether oxygens (including phenoxy) is 1. The van der Waals surface area contributed by atoms with Crippen molar-refractivity contribution in [2.75, 3.05) is 20.2 Å². The van der Waals surface area contributed by atoms with Crippen molar-refractivity contribution < 1.29 is 4.74 Å². The van der Waals surface area contributed by atoms with Crippen molar-refractivity contribution in [3.8, 4) is 0 Å². The molecule has 1 saturated carbocycles. The summed E-state index contributed by atoms with van der Waals surface area (Å²) in [7, 11) is 1.84. The highest BCUT2D eigenvalue weighted by Gasteiger charge is 2.42. The molecule has 0 bridgehead atoms. The zero-order chi connectivity index (χ0) is 13.3. The number of halogens is 1. The number of rotatable bonds is 3. The highest BCUT2D eigenvalue weighted by molar-refractivity contribution is 9.10. The molecule has 1 aliphatic carbocycles. The normalized spacial score (nSPS) is 21.1. The van der Waals surface area contributed by atoms with Crippen molar-refractivity contribution in [1.29, 1.82) is 0 Å². The maximum absolute atomic E-state index is 5.84. The van der Waals surface area contributed by atoms with E-state index in [4.69, 9.17) is 4.74 Å². The molecule has 1 aliphatic heterocycles. The second-order valence-corrected chi connectivity index (χ2v) is 6.39. The summed E-state index contributed by atoms with van der Waals surface area (Å²) in [6, 6.07) is 8.78. The van der Waals surface area contributed by atoms with Crippen molar-refractivity contribution in [1.82, 2.24) is 5.32 Å². The summed E-state index contributed by atoms with van der Waals surface area (Å²) in [5, 5.41) is 3.47. The first kappa shape index (κ1) is 13.2. The van der Waals surface area contributed by atoms with Crippen LogP contribution in [-0.2, 0) is 10.2 Å². The van der Waals surface area contributed by atoms with Gasteiger partial charge in [-0.3, -0.25) is 0 Å². The van der Waals surface area contributed by atoms with Gasteiger partial charge in [-0.1, -0.05) is 28.1 Å². The van der Waals surface area contributed by atoms with Gasteiger partial charge in [-0.05, 0) is 62.0 Å². The standard InChI is InChI=1S/C16H20BrNO/c1-19-15(12-2-3-12)16(8-10-18-11-9-16)13-4-6-14(17)7-5-13/h4-7,18H,2-3,8-11H2,1H3. The van der Waals surface area contributed by atoms with E-state index in [2.05, 4.69) is 45.5 Å². The molecule has 102 valence electrons. The van der Waals surface area contributed by atoms with Crippen LogP contribution in [0.5, 0.6) is 0 Å². The molecule has 0 radical (unpaired) electrons. The van der Waals surface area contributed by atoms with Gasteiger partial charge < -0.3 is 10.1 Å². The van der Waals surface area contributed by atoms with Crippen LogP contribution >= 0.6 is 15.9 Å². The Morgan fingerprint density at radius 3 is 2.32 bits per heavy atom. The average molecular weight is 322 g/mol. The minimum absolute atomic E-state index is 0.0898. The molecule has 1 aromatic rings. The fourth-order valence-corrected chi connectivity index (χ4v) is 3.50. The topological polar surface area (TPSA) is 21.3 Å². The van der Waals surface area contributed by atoms with Crippen LogP contribution in [0.4, 0.5) is 0 Å². The summed E-state index contributed by atoms with van der Waals surface area (Å²) in [6.45, 7) is 2.13. The maximum Gasteiger partial charge on any atom is 0.105 e. The Kier molecular flexibility index (Phi) is 3.68. The lowest BCUT2D eigenvalue weighted by atomic mass is 9.71. The molecule has 0 spiro atoms. The molecule has 2 aliphatic rings. The predicted molar refractivity (Wildman–Crippen MR) is 81.2 cm³/mol. The van der Waals surface area contributed by atoms with E-state index >= 15 is 0 Å². The summed E-state index contributed by atoms with van der Waals surface area (Å²) in [5.41, 5.74) is 3.01. The Labute approximate surface area is 123 Å². The summed E-state index contributed by atoms with van der Waals surface area (Å²) < 4.78 is 6.98. The monoisotopic (exact) mass is 321 g/mol. The van der Waals surface area contributed by atoms with Gasteiger partial charge in [0.15, 0.2) is 0 Å². The van der Waals surface area contributed by atoms with E-state index in [9.17, 15) is 0 Å². The van der Waals surface area contributed by atoms with Crippen LogP contribution < -0.4 is 5.32 Å². The van der Waals surface area contributed by atoms with E-state index in [-0.39, 0.29) is 5.41 Å². The number of nitrogens with one attached hydrogen (secondary N) is 1. The third kappa shape index (κ3) is 2.46. The highest BCUT2D eigenvalue weighted by atomic mass is 79.9. The molecule has 2 fully saturated rings. The molecule has 1 aromatic carbocycles. The molecule has 0 unspecified atom stereocenters. The third-order valence-electron chi connectivity index (χ3n) is 4.31. The zero-order valence-electron chi connectivity index (χ0n) is 11.3. The molecule has 0 atom stereocenters. The zero-order valence-corrected chi connectivity index (χ0v) is 12.9. The number of methoxy groups -OCH3 is 1. The van der Waals surface area contributed by atoms with Crippen LogP contribution in [0.15, 0.2) is 40.1 Å². The second kappa shape index (κ2) is 5.29. The van der Waals surface area contributed by atoms with Gasteiger partial charge in [0.25, 0.3) is 0 Å². The van der Waals surface area contributed by atoms with Crippen molar-refractivity contribution in [2.24, 2.45) is 0 Å². The molecule has 0 amide bonds. The van der Waals surface area contributed by atoms with Crippen molar-refractivity contribution in [3.05, 3.63) is 45.6 Å². The van der Waals surface area contributed by atoms with Gasteiger partial charge in [-0.25, -0.2) is 0 Å². The molecule has 3 heteroatoms. The lowest BCUT2D eigenvalue weighted by Gasteiger charge is -2.39. The summed E-state index contributed by atoms with van der Waals surface area (Å²) in [5.74, 6) is 1.25. The Morgan fingerprint density at radius 2 is 1.79 bits per heavy atom. The number of piperidine rings is 1. The molecule has 19 heavy (non-hydrogen) atoms. The van der Waals surface area contributed by atoms with E-state index in [1.165, 1.54) is 29.7 Å². The maximum atomic E-state index is 5.84. The molecular weight excluding hydrogens is 302 g/mol. The Bertz CT molecular complexity index is 480. The largest absolute Gasteiger partial charge is 0.500 e. The van der Waals surface area contributed by atoms with Gasteiger partial charge in [0, 0.05) is 4.47 Å². The first-order chi connectivity index (χ1) is 9.26. The lowest BCUT2D eigenvalue weighted by Crippen LogP contribution is -2.41. The first-order valence-corrected chi connectivity index (χ1v) is 7.79. The van der Waals surface area contributed by atoms with Gasteiger partial charge in [0.05, 0.1) is 12.5 Å². The number of benzene rings is 1. The van der Waals surface area contributed by atoms with Gasteiger partial charge >= 0.3 is 0 Å². The van der Waals surface area contributed by atoms with Crippen LogP contribution in [0.3, 0.4) is 0 Å². The summed E-state index contributed by atoms with van der Waals surface area (Å²) >= 11 is 3.53. The minimum Gasteiger partial charge on any atom is -0.500 e. The predicted octanol–water partition coefficient (Wildman–Crippen LogP) is 3.76. The van der Waals surface area contributed by atoms with E-state index in [1.54, 1.807) is 0 Å². The Morgan fingerprint density at radius 1 is 1.16 bits per heavy atom. The molecule has 3 rings (SSSR count). The quantitative estimate of drug-likeness (QED) is 0.856. The van der Waals surface area contributed by atoms with Crippen LogP contribution in [0, 0.1) is 0 Å². The van der Waals surface area contributed by atoms with Gasteiger partial charge in [-0.15, -0.1) is 0 Å². The van der Waals surface area contributed by atoms with Crippen LogP contribution in [0.25, 0.3) is 0 Å². The highest BCUT2D eigenvalue weighted by Crippen LogP contribution is 2.47. The lowest BCUT2D eigenvalue weighted by molar-refractivity contribution is 0.187. The van der Waals surface area contributed by atoms with Crippen molar-refractivity contribution in [3.63, 3.8) is 0 Å². The SMILES string of the molecule is COC(=C1CC1)C1(c2ccc(Br)cc2)CCNCC1. The number of hydrogen-bond acceptors (Lipinski definition) is 2. The number of allylic oxidation sites excluding steroid dienone is 2. The fraction of sp³-hybridized carbons (Fsp3) is 0.500. The summed E-state index contributed by atoms with van der Waals surface area (Å²) in [6.07, 6.45) is 4.69. The average Bonchev–Trinajstić information content (AvgIpc) is 3.26. The molecule has 1 saturated heterocycles. The molecule has 1 heterocycles. The fourth-order valence-electron chi connectivity index (χ4n) is 3.24. The molecule has 2 nitrogen and oxygen atoms in total. The van der Waals surface area contributed by atoms with Crippen molar-refractivity contribution >= 4 is 15.9 Å². The smallest absolute Gasteiger partial charge is 0.105 e. The third-order valence-corrected chi connectivity index (χ3v) is 4.84. The molecular formula is C16H20BrNO. The number of hydrogen-bond donors (Lipinski definition) is 1. The Hall–Kier alpha value is -0.800. The first-order valence-electron chi connectivity index (χ1n) is 6.99. The minimum atomic E-state index is 0.0898. The van der Waals surface area contributed by atoms with Gasteiger partial charge in [0.2, 0.25) is 0 Å². The van der Waals surface area contributed by atoms with Crippen LogP contribution in [-0.4, -0.2) is 20.2 Å². The summed E-state index contributed by atoms with van der Waals surface area (Å²) in [4.78, 5) is 0. The van der Waals surface area contributed by atoms with Gasteiger partial charge in [-0.2, -0.15) is 0 Å². The molecule has 1 N–H and O–H groups in total. The van der Waals surface area contributed by atoms with Crippen LogP contribution in [0.1, 0.15) is 31.2 Å². The van der Waals surface area contributed by atoms with E-state index in [0.717, 1.165) is 30.4 Å². The van der Waals surface area contributed by atoms with Crippen LogP contribution in [0.2, 0.25) is 0 Å². The Balaban J connectivity index is 2.06. The van der Waals surface area contributed by atoms with E-state index in [1.807, 2.05) is 7.11 Å². The van der Waals surface area contributed by atoms with Crippen molar-refractivity contribution in [2.45, 2.75) is 31.1 Å².